The van der Waals surface area contributed by atoms with Gasteiger partial charge in [0.05, 0.1) is 5.56 Å². The Morgan fingerprint density at radius 2 is 1.91 bits per heavy atom. The van der Waals surface area contributed by atoms with Crippen LogP contribution in [0.4, 0.5) is 0 Å². The first-order chi connectivity index (χ1) is 11.2. The molecule has 2 amide bonds. The van der Waals surface area contributed by atoms with Gasteiger partial charge in [-0.15, -0.1) is 0 Å². The largest absolute Gasteiger partial charge is 0.483 e. The van der Waals surface area contributed by atoms with Gasteiger partial charge in [0.25, 0.3) is 11.8 Å². The molecule has 2 rings (SSSR count). The number of amides is 2. The minimum absolute atomic E-state index is 0.191. The molecule has 1 heterocycles. The van der Waals surface area contributed by atoms with E-state index in [1.807, 2.05) is 0 Å². The number of primary amides is 1. The van der Waals surface area contributed by atoms with Crippen molar-refractivity contribution < 1.29 is 14.3 Å². The number of carbonyl (C=O) groups excluding carboxylic acids is 2. The summed E-state index contributed by atoms with van der Waals surface area (Å²) < 4.78 is 5.28. The van der Waals surface area contributed by atoms with E-state index in [-0.39, 0.29) is 12.5 Å². The molecule has 0 atom stereocenters. The molecule has 3 N–H and O–H groups in total. The van der Waals surface area contributed by atoms with Gasteiger partial charge >= 0.3 is 0 Å². The van der Waals surface area contributed by atoms with Crippen LogP contribution in [0.15, 0.2) is 24.3 Å². The SMILES string of the molecule is NC(=O)COc1ccccc1C(=O)NCCCN1CCCCC1. The molecular weight excluding hydrogens is 294 g/mol. The second kappa shape index (κ2) is 9.15. The number of likely N-dealkylation sites (tertiary alicyclic amines) is 1. The number of carbonyl (C=O) groups is 2. The Labute approximate surface area is 137 Å². The third-order valence-electron chi connectivity index (χ3n) is 3.89. The number of para-hydroxylation sites is 1. The molecule has 6 heteroatoms. The molecule has 0 bridgehead atoms. The van der Waals surface area contributed by atoms with Crippen molar-refractivity contribution in [3.63, 3.8) is 0 Å². The molecule has 23 heavy (non-hydrogen) atoms. The highest BCUT2D eigenvalue weighted by Crippen LogP contribution is 2.17. The first-order valence-electron chi connectivity index (χ1n) is 8.17. The molecule has 0 unspecified atom stereocenters. The lowest BCUT2D eigenvalue weighted by Gasteiger charge is -2.26. The summed E-state index contributed by atoms with van der Waals surface area (Å²) in [4.78, 5) is 25.5. The third-order valence-corrected chi connectivity index (χ3v) is 3.89. The van der Waals surface area contributed by atoms with Gasteiger partial charge in [0.15, 0.2) is 6.61 Å². The fourth-order valence-electron chi connectivity index (χ4n) is 2.71. The van der Waals surface area contributed by atoms with Crippen LogP contribution in [-0.2, 0) is 4.79 Å². The number of hydrogen-bond acceptors (Lipinski definition) is 4. The van der Waals surface area contributed by atoms with E-state index in [0.717, 1.165) is 26.1 Å². The van der Waals surface area contributed by atoms with E-state index in [1.165, 1.54) is 19.3 Å². The zero-order valence-electron chi connectivity index (χ0n) is 13.4. The molecule has 0 radical (unpaired) electrons. The van der Waals surface area contributed by atoms with Crippen molar-refractivity contribution in [2.45, 2.75) is 25.7 Å². The quantitative estimate of drug-likeness (QED) is 0.704. The Balaban J connectivity index is 1.77. The molecular formula is C17H25N3O3. The summed E-state index contributed by atoms with van der Waals surface area (Å²) >= 11 is 0. The van der Waals surface area contributed by atoms with Crippen molar-refractivity contribution in [2.24, 2.45) is 5.73 Å². The maximum absolute atomic E-state index is 12.2. The average Bonchev–Trinajstić information content (AvgIpc) is 2.58. The number of nitrogens with one attached hydrogen (secondary N) is 1. The minimum atomic E-state index is -0.568. The summed E-state index contributed by atoms with van der Waals surface area (Å²) in [5.41, 5.74) is 5.49. The number of benzene rings is 1. The second-order valence-electron chi connectivity index (χ2n) is 5.76. The number of hydrogen-bond donors (Lipinski definition) is 2. The highest BCUT2D eigenvalue weighted by atomic mass is 16.5. The van der Waals surface area contributed by atoms with Crippen molar-refractivity contribution in [3.05, 3.63) is 29.8 Å². The number of nitrogens with zero attached hydrogens (tertiary/aromatic N) is 1. The molecule has 1 aromatic carbocycles. The van der Waals surface area contributed by atoms with Crippen molar-refractivity contribution in [2.75, 3.05) is 32.8 Å². The molecule has 1 saturated heterocycles. The Morgan fingerprint density at radius 1 is 1.17 bits per heavy atom. The molecule has 0 aliphatic carbocycles. The highest BCUT2D eigenvalue weighted by molar-refractivity contribution is 5.97. The van der Waals surface area contributed by atoms with Gasteiger partial charge in [0.2, 0.25) is 0 Å². The molecule has 0 saturated carbocycles. The third kappa shape index (κ3) is 5.90. The molecule has 0 aromatic heterocycles. The lowest BCUT2D eigenvalue weighted by Crippen LogP contribution is -2.33. The van der Waals surface area contributed by atoms with Gasteiger partial charge in [-0.25, -0.2) is 0 Å². The van der Waals surface area contributed by atoms with Gasteiger partial charge in [-0.2, -0.15) is 0 Å². The van der Waals surface area contributed by atoms with Gasteiger partial charge in [-0.1, -0.05) is 18.6 Å². The molecule has 1 aliphatic heterocycles. The molecule has 1 aliphatic rings. The summed E-state index contributed by atoms with van der Waals surface area (Å²) in [6.07, 6.45) is 4.80. The van der Waals surface area contributed by atoms with Gasteiger partial charge in [-0.3, -0.25) is 9.59 Å². The van der Waals surface area contributed by atoms with Crippen LogP contribution in [-0.4, -0.2) is 49.5 Å². The molecule has 0 spiro atoms. The zero-order valence-corrected chi connectivity index (χ0v) is 13.4. The summed E-state index contributed by atoms with van der Waals surface area (Å²) in [6, 6.07) is 6.85. The molecule has 1 aromatic rings. The summed E-state index contributed by atoms with van der Waals surface area (Å²) in [5.74, 6) is -0.384. The average molecular weight is 319 g/mol. The second-order valence-corrected chi connectivity index (χ2v) is 5.76. The van der Waals surface area contributed by atoms with Gasteiger partial charge < -0.3 is 20.7 Å². The molecule has 126 valence electrons. The fourth-order valence-corrected chi connectivity index (χ4v) is 2.71. The minimum Gasteiger partial charge on any atom is -0.483 e. The number of ether oxygens (including phenoxy) is 1. The van der Waals surface area contributed by atoms with Crippen LogP contribution >= 0.6 is 0 Å². The summed E-state index contributed by atoms with van der Waals surface area (Å²) in [6.45, 7) is 3.73. The first kappa shape index (κ1) is 17.3. The van der Waals surface area contributed by atoms with Crippen LogP contribution in [0.25, 0.3) is 0 Å². The van der Waals surface area contributed by atoms with E-state index >= 15 is 0 Å². The Kier molecular flexibility index (Phi) is 6.87. The van der Waals surface area contributed by atoms with E-state index < -0.39 is 5.91 Å². The topological polar surface area (TPSA) is 84.7 Å². The Morgan fingerprint density at radius 3 is 2.65 bits per heavy atom. The van der Waals surface area contributed by atoms with Gasteiger partial charge in [0.1, 0.15) is 5.75 Å². The van der Waals surface area contributed by atoms with Crippen LogP contribution in [0.1, 0.15) is 36.0 Å². The molecule has 6 nitrogen and oxygen atoms in total. The fraction of sp³-hybridized carbons (Fsp3) is 0.529. The first-order valence-corrected chi connectivity index (χ1v) is 8.17. The Bertz CT molecular complexity index is 528. The predicted octanol–water partition coefficient (Wildman–Crippen LogP) is 1.16. The summed E-state index contributed by atoms with van der Waals surface area (Å²) in [5, 5.41) is 2.90. The van der Waals surface area contributed by atoms with Crippen LogP contribution in [0.5, 0.6) is 5.75 Å². The number of nitrogens with two attached hydrogens (primary N) is 1. The smallest absolute Gasteiger partial charge is 0.255 e. The number of piperidine rings is 1. The highest BCUT2D eigenvalue weighted by Gasteiger charge is 2.13. The van der Waals surface area contributed by atoms with Crippen molar-refractivity contribution in [3.8, 4) is 5.75 Å². The van der Waals surface area contributed by atoms with Crippen molar-refractivity contribution in [1.29, 1.82) is 0 Å². The van der Waals surface area contributed by atoms with E-state index in [0.29, 0.717) is 17.9 Å². The predicted molar refractivity (Wildman–Crippen MR) is 88.4 cm³/mol. The standard InChI is InChI=1S/C17H25N3O3/c18-16(21)13-23-15-8-3-2-7-14(15)17(22)19-9-6-12-20-10-4-1-5-11-20/h2-3,7-8H,1,4-6,9-13H2,(H2,18,21)(H,19,22). The lowest BCUT2D eigenvalue weighted by atomic mass is 10.1. The van der Waals surface area contributed by atoms with Crippen molar-refractivity contribution in [1.82, 2.24) is 10.2 Å². The van der Waals surface area contributed by atoms with Gasteiger partial charge in [-0.05, 0) is 51.0 Å². The van der Waals surface area contributed by atoms with E-state index in [9.17, 15) is 9.59 Å². The maximum atomic E-state index is 12.2. The lowest BCUT2D eigenvalue weighted by molar-refractivity contribution is -0.119. The maximum Gasteiger partial charge on any atom is 0.255 e. The van der Waals surface area contributed by atoms with E-state index in [2.05, 4.69) is 10.2 Å². The zero-order chi connectivity index (χ0) is 16.5. The van der Waals surface area contributed by atoms with Crippen LogP contribution < -0.4 is 15.8 Å². The normalized spacial score (nSPS) is 15.1. The van der Waals surface area contributed by atoms with Crippen LogP contribution in [0, 0.1) is 0 Å². The van der Waals surface area contributed by atoms with E-state index in [4.69, 9.17) is 10.5 Å². The Hall–Kier alpha value is -2.08. The summed E-state index contributed by atoms with van der Waals surface area (Å²) in [7, 11) is 0. The molecule has 1 fully saturated rings. The van der Waals surface area contributed by atoms with Crippen molar-refractivity contribution >= 4 is 11.8 Å². The van der Waals surface area contributed by atoms with Crippen LogP contribution in [0.3, 0.4) is 0 Å². The van der Waals surface area contributed by atoms with Gasteiger partial charge in [0, 0.05) is 6.54 Å². The van der Waals surface area contributed by atoms with E-state index in [1.54, 1.807) is 24.3 Å². The number of rotatable bonds is 8. The monoisotopic (exact) mass is 319 g/mol. The van der Waals surface area contributed by atoms with Crippen LogP contribution in [0.2, 0.25) is 0 Å².